The van der Waals surface area contributed by atoms with Crippen LogP contribution in [0.2, 0.25) is 5.02 Å². The largest absolute Gasteiger partial charge is 0.493 e. The van der Waals surface area contributed by atoms with Crippen LogP contribution in [0.4, 0.5) is 0 Å². The highest BCUT2D eigenvalue weighted by atomic mass is 35.5. The molecule has 0 unspecified atom stereocenters. The van der Waals surface area contributed by atoms with Gasteiger partial charge in [0.15, 0.2) is 18.1 Å². The first-order chi connectivity index (χ1) is 13.0. The van der Waals surface area contributed by atoms with Gasteiger partial charge in [0.1, 0.15) is 0 Å². The van der Waals surface area contributed by atoms with E-state index in [1.54, 1.807) is 12.1 Å². The predicted molar refractivity (Wildman–Crippen MR) is 101 cm³/mol. The molecule has 1 aromatic rings. The molecule has 0 aliphatic carbocycles. The molecular formula is C19H24ClNO6. The van der Waals surface area contributed by atoms with Gasteiger partial charge in [-0.25, -0.2) is 4.79 Å². The summed E-state index contributed by atoms with van der Waals surface area (Å²) in [6.07, 6.45) is 4.72. The van der Waals surface area contributed by atoms with E-state index in [4.69, 9.17) is 30.5 Å². The van der Waals surface area contributed by atoms with E-state index in [0.29, 0.717) is 35.2 Å². The van der Waals surface area contributed by atoms with Crippen LogP contribution >= 0.6 is 11.6 Å². The first-order valence-corrected chi connectivity index (χ1v) is 9.14. The van der Waals surface area contributed by atoms with Crippen molar-refractivity contribution in [3.05, 3.63) is 28.8 Å². The Hall–Kier alpha value is -2.25. The lowest BCUT2D eigenvalue weighted by Crippen LogP contribution is -2.34. The normalized spacial score (nSPS) is 16.3. The van der Waals surface area contributed by atoms with Gasteiger partial charge in [0.2, 0.25) is 0 Å². The molecule has 1 saturated heterocycles. The fourth-order valence-electron chi connectivity index (χ4n) is 2.55. The Morgan fingerprint density at radius 1 is 1.41 bits per heavy atom. The summed E-state index contributed by atoms with van der Waals surface area (Å²) in [6.45, 7) is 3.10. The summed E-state index contributed by atoms with van der Waals surface area (Å²) >= 11 is 6.18. The van der Waals surface area contributed by atoms with Crippen LogP contribution < -0.4 is 14.8 Å². The highest BCUT2D eigenvalue weighted by Crippen LogP contribution is 2.36. The quantitative estimate of drug-likeness (QED) is 0.509. The molecule has 1 amide bonds. The van der Waals surface area contributed by atoms with Crippen molar-refractivity contribution in [1.82, 2.24) is 5.32 Å². The molecule has 0 aromatic heterocycles. The Balaban J connectivity index is 1.83. The second-order valence-electron chi connectivity index (χ2n) is 5.85. The monoisotopic (exact) mass is 397 g/mol. The molecule has 1 aliphatic rings. The molecule has 7 nitrogen and oxygen atoms in total. The average Bonchev–Trinajstić information content (AvgIpc) is 3.18. The maximum Gasteiger partial charge on any atom is 0.331 e. The van der Waals surface area contributed by atoms with E-state index in [1.165, 1.54) is 19.3 Å². The number of methoxy groups -OCH3 is 1. The van der Waals surface area contributed by atoms with E-state index < -0.39 is 5.97 Å². The lowest BCUT2D eigenvalue weighted by molar-refractivity contribution is -0.143. The molecule has 0 saturated carbocycles. The zero-order chi connectivity index (χ0) is 19.6. The third kappa shape index (κ3) is 6.77. The number of amides is 1. The van der Waals surface area contributed by atoms with Gasteiger partial charge in [0.05, 0.1) is 24.8 Å². The van der Waals surface area contributed by atoms with Gasteiger partial charge >= 0.3 is 5.97 Å². The molecule has 1 N–H and O–H groups in total. The fourth-order valence-corrected chi connectivity index (χ4v) is 2.83. The minimum Gasteiger partial charge on any atom is -0.493 e. The number of hydrogen-bond donors (Lipinski definition) is 1. The average molecular weight is 398 g/mol. The summed E-state index contributed by atoms with van der Waals surface area (Å²) in [5.74, 6) is -0.0838. The molecule has 2 rings (SSSR count). The van der Waals surface area contributed by atoms with Crippen LogP contribution in [-0.2, 0) is 19.1 Å². The highest BCUT2D eigenvalue weighted by Gasteiger charge is 2.16. The molecule has 8 heteroatoms. The Labute approximate surface area is 163 Å². The first kappa shape index (κ1) is 21.1. The van der Waals surface area contributed by atoms with Gasteiger partial charge in [0.25, 0.3) is 5.91 Å². The van der Waals surface area contributed by atoms with Gasteiger partial charge in [-0.15, -0.1) is 0 Å². The van der Waals surface area contributed by atoms with E-state index in [1.807, 2.05) is 6.92 Å². The molecule has 1 heterocycles. The molecule has 27 heavy (non-hydrogen) atoms. The molecule has 0 radical (unpaired) electrons. The minimum atomic E-state index is -0.633. The summed E-state index contributed by atoms with van der Waals surface area (Å²) < 4.78 is 21.0. The molecule has 1 aromatic carbocycles. The van der Waals surface area contributed by atoms with Gasteiger partial charge in [-0.05, 0) is 43.5 Å². The van der Waals surface area contributed by atoms with Crippen molar-refractivity contribution in [2.24, 2.45) is 0 Å². The summed E-state index contributed by atoms with van der Waals surface area (Å²) in [6, 6.07) is 3.34. The highest BCUT2D eigenvalue weighted by molar-refractivity contribution is 6.32. The van der Waals surface area contributed by atoms with E-state index in [9.17, 15) is 9.59 Å². The Kier molecular flexibility index (Phi) is 8.42. The molecular weight excluding hydrogens is 374 g/mol. The number of halogens is 1. The summed E-state index contributed by atoms with van der Waals surface area (Å²) in [5, 5.41) is 3.05. The van der Waals surface area contributed by atoms with E-state index >= 15 is 0 Å². The number of carbonyl (C=O) groups is 2. The van der Waals surface area contributed by atoms with Crippen LogP contribution in [0.5, 0.6) is 11.5 Å². The molecule has 1 atom stereocenters. The number of rotatable bonds is 9. The standard InChI is InChI=1S/C19H24ClNO6/c1-3-25-19-15(20)9-13(10-16(19)24-2)6-7-18(23)27-12-17(22)21-11-14-5-4-8-26-14/h6-7,9-10,14H,3-5,8,11-12H2,1-2H3,(H,21,22)/b7-6+/t14-/m0/s1. The van der Waals surface area contributed by atoms with Gasteiger partial charge in [-0.3, -0.25) is 4.79 Å². The topological polar surface area (TPSA) is 83.1 Å². The molecule has 0 bridgehead atoms. The van der Waals surface area contributed by atoms with Crippen LogP contribution in [0.3, 0.4) is 0 Å². The zero-order valence-corrected chi connectivity index (χ0v) is 16.2. The molecule has 148 valence electrons. The van der Waals surface area contributed by atoms with Crippen molar-refractivity contribution in [3.63, 3.8) is 0 Å². The number of ether oxygens (including phenoxy) is 4. The van der Waals surface area contributed by atoms with E-state index in [2.05, 4.69) is 5.32 Å². The lowest BCUT2D eigenvalue weighted by atomic mass is 10.2. The van der Waals surface area contributed by atoms with Crippen LogP contribution in [0, 0.1) is 0 Å². The van der Waals surface area contributed by atoms with Gasteiger partial charge in [0, 0.05) is 19.2 Å². The lowest BCUT2D eigenvalue weighted by Gasteiger charge is -2.12. The second-order valence-corrected chi connectivity index (χ2v) is 6.25. The van der Waals surface area contributed by atoms with Gasteiger partial charge in [-0.2, -0.15) is 0 Å². The van der Waals surface area contributed by atoms with E-state index in [-0.39, 0.29) is 18.6 Å². The van der Waals surface area contributed by atoms with Crippen molar-refractivity contribution >= 4 is 29.6 Å². The Morgan fingerprint density at radius 3 is 2.89 bits per heavy atom. The predicted octanol–water partition coefficient (Wildman–Crippen LogP) is 2.60. The van der Waals surface area contributed by atoms with Crippen molar-refractivity contribution in [3.8, 4) is 11.5 Å². The molecule has 0 spiro atoms. The maximum atomic E-state index is 11.8. The Morgan fingerprint density at radius 2 is 2.22 bits per heavy atom. The number of carbonyl (C=O) groups excluding carboxylic acids is 2. The number of hydrogen-bond acceptors (Lipinski definition) is 6. The summed E-state index contributed by atoms with van der Waals surface area (Å²) in [5.41, 5.74) is 0.639. The van der Waals surface area contributed by atoms with Gasteiger partial charge in [-0.1, -0.05) is 11.6 Å². The molecule has 1 fully saturated rings. The smallest absolute Gasteiger partial charge is 0.331 e. The van der Waals surface area contributed by atoms with Crippen molar-refractivity contribution < 1.29 is 28.5 Å². The third-order valence-corrected chi connectivity index (χ3v) is 4.13. The number of benzene rings is 1. The third-order valence-electron chi connectivity index (χ3n) is 3.85. The summed E-state index contributed by atoms with van der Waals surface area (Å²) in [4.78, 5) is 23.5. The Bertz CT molecular complexity index is 685. The first-order valence-electron chi connectivity index (χ1n) is 8.77. The second kappa shape index (κ2) is 10.8. The number of esters is 1. The van der Waals surface area contributed by atoms with Crippen LogP contribution in [-0.4, -0.2) is 51.5 Å². The fraction of sp³-hybridized carbons (Fsp3) is 0.474. The van der Waals surface area contributed by atoms with Crippen LogP contribution in [0.1, 0.15) is 25.3 Å². The van der Waals surface area contributed by atoms with Crippen molar-refractivity contribution in [2.75, 3.05) is 33.5 Å². The van der Waals surface area contributed by atoms with Gasteiger partial charge < -0.3 is 24.3 Å². The van der Waals surface area contributed by atoms with Crippen molar-refractivity contribution in [2.45, 2.75) is 25.9 Å². The van der Waals surface area contributed by atoms with E-state index in [0.717, 1.165) is 19.4 Å². The maximum absolute atomic E-state index is 11.8. The van der Waals surface area contributed by atoms with Crippen LogP contribution in [0.25, 0.3) is 6.08 Å². The summed E-state index contributed by atoms with van der Waals surface area (Å²) in [7, 11) is 1.51. The minimum absolute atomic E-state index is 0.0453. The SMILES string of the molecule is CCOc1c(Cl)cc(/C=C/C(=O)OCC(=O)NC[C@@H]2CCCO2)cc1OC. The zero-order valence-electron chi connectivity index (χ0n) is 15.5. The molecule has 1 aliphatic heterocycles. The van der Waals surface area contributed by atoms with Crippen LogP contribution in [0.15, 0.2) is 18.2 Å². The number of nitrogens with one attached hydrogen (secondary N) is 1. The van der Waals surface area contributed by atoms with Crippen molar-refractivity contribution in [1.29, 1.82) is 0 Å².